The summed E-state index contributed by atoms with van der Waals surface area (Å²) in [7, 11) is 1.66. The monoisotopic (exact) mass is 357 g/mol. The number of benzene rings is 1. The van der Waals surface area contributed by atoms with Gasteiger partial charge < -0.3 is 9.64 Å². The Labute approximate surface area is 152 Å². The number of rotatable bonds is 7. The molecular weight excluding hydrogens is 334 g/mol. The first-order valence-electron chi connectivity index (χ1n) is 8.46. The first-order chi connectivity index (χ1) is 12.4. The molecule has 0 bridgehead atoms. The van der Waals surface area contributed by atoms with Crippen LogP contribution < -0.4 is 5.56 Å². The fourth-order valence-corrected chi connectivity index (χ4v) is 2.37. The van der Waals surface area contributed by atoms with Crippen LogP contribution in [0, 0.1) is 6.92 Å². The van der Waals surface area contributed by atoms with Crippen molar-refractivity contribution in [2.24, 2.45) is 0 Å². The predicted molar refractivity (Wildman–Crippen MR) is 96.7 cm³/mol. The van der Waals surface area contributed by atoms with Crippen LogP contribution >= 0.6 is 0 Å². The minimum Gasteiger partial charge on any atom is -0.451 e. The largest absolute Gasteiger partial charge is 0.451 e. The first kappa shape index (κ1) is 19.4. The highest BCUT2D eigenvalue weighted by Gasteiger charge is 2.16. The number of nitrogens with zero attached hydrogens (tertiary/aromatic N) is 3. The second-order valence-electron chi connectivity index (χ2n) is 6.03. The molecule has 0 saturated heterocycles. The highest BCUT2D eigenvalue weighted by molar-refractivity contribution is 5.89. The minimum absolute atomic E-state index is 0.00686. The zero-order valence-corrected chi connectivity index (χ0v) is 15.3. The van der Waals surface area contributed by atoms with E-state index >= 15 is 0 Å². The standard InChI is InChI=1S/C19H23N3O4/c1-4-11-22-17(23)10-9-16(20-22)19(25)26-13-18(24)21(3)12-15-8-6-5-7-14(15)2/h5-10H,4,11-13H2,1-3H3. The van der Waals surface area contributed by atoms with Crippen LogP contribution in [0.15, 0.2) is 41.2 Å². The molecule has 0 aliphatic rings. The number of hydrogen-bond donors (Lipinski definition) is 0. The molecule has 26 heavy (non-hydrogen) atoms. The maximum absolute atomic E-state index is 12.2. The Kier molecular flexibility index (Phi) is 6.66. The third kappa shape index (κ3) is 5.02. The predicted octanol–water partition coefficient (Wildman–Crippen LogP) is 1.78. The lowest BCUT2D eigenvalue weighted by molar-refractivity contribution is -0.133. The Hall–Kier alpha value is -2.96. The Morgan fingerprint density at radius 3 is 2.62 bits per heavy atom. The first-order valence-corrected chi connectivity index (χ1v) is 8.46. The van der Waals surface area contributed by atoms with E-state index < -0.39 is 5.97 Å². The van der Waals surface area contributed by atoms with Gasteiger partial charge in [0.15, 0.2) is 12.3 Å². The van der Waals surface area contributed by atoms with Gasteiger partial charge in [0.05, 0.1) is 0 Å². The van der Waals surface area contributed by atoms with E-state index in [1.54, 1.807) is 7.05 Å². The van der Waals surface area contributed by atoms with Gasteiger partial charge in [-0.25, -0.2) is 9.48 Å². The summed E-state index contributed by atoms with van der Waals surface area (Å²) < 4.78 is 6.25. The minimum atomic E-state index is -0.729. The second-order valence-corrected chi connectivity index (χ2v) is 6.03. The lowest BCUT2D eigenvalue weighted by Gasteiger charge is -2.18. The van der Waals surface area contributed by atoms with E-state index in [-0.39, 0.29) is 23.8 Å². The molecule has 1 amide bonds. The van der Waals surface area contributed by atoms with Crippen molar-refractivity contribution < 1.29 is 14.3 Å². The van der Waals surface area contributed by atoms with E-state index in [2.05, 4.69) is 5.10 Å². The summed E-state index contributed by atoms with van der Waals surface area (Å²) in [5.74, 6) is -1.05. The van der Waals surface area contributed by atoms with Crippen LogP contribution in [-0.2, 0) is 22.6 Å². The fourth-order valence-electron chi connectivity index (χ4n) is 2.37. The van der Waals surface area contributed by atoms with Gasteiger partial charge in [0, 0.05) is 26.2 Å². The molecular formula is C19H23N3O4. The van der Waals surface area contributed by atoms with E-state index in [1.165, 1.54) is 21.7 Å². The highest BCUT2D eigenvalue weighted by atomic mass is 16.5. The normalized spacial score (nSPS) is 10.4. The summed E-state index contributed by atoms with van der Waals surface area (Å²) in [6.45, 7) is 4.35. The molecule has 0 aliphatic carbocycles. The van der Waals surface area contributed by atoms with Gasteiger partial charge in [-0.3, -0.25) is 9.59 Å². The third-order valence-electron chi connectivity index (χ3n) is 3.93. The van der Waals surface area contributed by atoms with Gasteiger partial charge in [0.2, 0.25) is 0 Å². The van der Waals surface area contributed by atoms with Gasteiger partial charge >= 0.3 is 5.97 Å². The zero-order chi connectivity index (χ0) is 19.1. The summed E-state index contributed by atoms with van der Waals surface area (Å²) in [5.41, 5.74) is 1.85. The van der Waals surface area contributed by atoms with Gasteiger partial charge in [-0.15, -0.1) is 0 Å². The van der Waals surface area contributed by atoms with Crippen LogP contribution in [0.3, 0.4) is 0 Å². The SMILES string of the molecule is CCCn1nc(C(=O)OCC(=O)N(C)Cc2ccccc2C)ccc1=O. The molecule has 0 spiro atoms. The number of aromatic nitrogens is 2. The van der Waals surface area contributed by atoms with Crippen molar-refractivity contribution in [3.05, 3.63) is 63.6 Å². The average Bonchev–Trinajstić information content (AvgIpc) is 2.63. The summed E-state index contributed by atoms with van der Waals surface area (Å²) in [6, 6.07) is 10.4. The van der Waals surface area contributed by atoms with Gasteiger partial charge in [-0.05, 0) is 30.5 Å². The number of aryl methyl sites for hydroxylation is 2. The second kappa shape index (κ2) is 8.94. The molecule has 0 atom stereocenters. The third-order valence-corrected chi connectivity index (χ3v) is 3.93. The Morgan fingerprint density at radius 2 is 1.92 bits per heavy atom. The molecule has 0 N–H and O–H groups in total. The van der Waals surface area contributed by atoms with E-state index in [9.17, 15) is 14.4 Å². The maximum atomic E-state index is 12.2. The van der Waals surface area contributed by atoms with Crippen molar-refractivity contribution in [2.45, 2.75) is 33.4 Å². The van der Waals surface area contributed by atoms with Crippen LogP contribution in [0.5, 0.6) is 0 Å². The molecule has 138 valence electrons. The van der Waals surface area contributed by atoms with Crippen molar-refractivity contribution in [3.63, 3.8) is 0 Å². The Balaban J connectivity index is 1.94. The molecule has 0 unspecified atom stereocenters. The zero-order valence-electron chi connectivity index (χ0n) is 15.3. The van der Waals surface area contributed by atoms with Crippen molar-refractivity contribution >= 4 is 11.9 Å². The van der Waals surface area contributed by atoms with E-state index in [0.717, 1.165) is 11.1 Å². The maximum Gasteiger partial charge on any atom is 0.359 e. The molecule has 0 fully saturated rings. The van der Waals surface area contributed by atoms with Gasteiger partial charge in [-0.2, -0.15) is 5.10 Å². The van der Waals surface area contributed by atoms with Crippen molar-refractivity contribution in [3.8, 4) is 0 Å². The van der Waals surface area contributed by atoms with E-state index in [4.69, 9.17) is 4.74 Å². The van der Waals surface area contributed by atoms with Crippen molar-refractivity contribution in [1.82, 2.24) is 14.7 Å². The van der Waals surface area contributed by atoms with Crippen LogP contribution in [-0.4, -0.2) is 40.2 Å². The average molecular weight is 357 g/mol. The molecule has 2 rings (SSSR count). The highest BCUT2D eigenvalue weighted by Crippen LogP contribution is 2.09. The van der Waals surface area contributed by atoms with Gasteiger partial charge in [-0.1, -0.05) is 31.2 Å². The molecule has 7 nitrogen and oxygen atoms in total. The van der Waals surface area contributed by atoms with Crippen molar-refractivity contribution in [2.75, 3.05) is 13.7 Å². The number of amides is 1. The molecule has 1 aromatic heterocycles. The van der Waals surface area contributed by atoms with Crippen LogP contribution in [0.25, 0.3) is 0 Å². The topological polar surface area (TPSA) is 81.5 Å². The number of carbonyl (C=O) groups is 2. The van der Waals surface area contributed by atoms with Crippen LogP contribution in [0.4, 0.5) is 0 Å². The summed E-state index contributed by atoms with van der Waals surface area (Å²) in [4.78, 5) is 37.4. The van der Waals surface area contributed by atoms with Crippen LogP contribution in [0.2, 0.25) is 0 Å². The molecule has 0 radical (unpaired) electrons. The number of ether oxygens (including phenoxy) is 1. The quantitative estimate of drug-likeness (QED) is 0.706. The van der Waals surface area contributed by atoms with Gasteiger partial charge in [0.1, 0.15) is 0 Å². The molecule has 2 aromatic rings. The number of esters is 1. The molecule has 1 heterocycles. The van der Waals surface area contributed by atoms with E-state index in [1.807, 2.05) is 38.1 Å². The van der Waals surface area contributed by atoms with E-state index in [0.29, 0.717) is 19.5 Å². The van der Waals surface area contributed by atoms with Crippen LogP contribution in [0.1, 0.15) is 35.0 Å². The smallest absolute Gasteiger partial charge is 0.359 e. The summed E-state index contributed by atoms with van der Waals surface area (Å²) in [5, 5.41) is 3.97. The molecule has 0 aliphatic heterocycles. The van der Waals surface area contributed by atoms with Crippen molar-refractivity contribution in [1.29, 1.82) is 0 Å². The summed E-state index contributed by atoms with van der Waals surface area (Å²) in [6.07, 6.45) is 0.716. The summed E-state index contributed by atoms with van der Waals surface area (Å²) >= 11 is 0. The Bertz CT molecular complexity index is 845. The fraction of sp³-hybridized carbons (Fsp3) is 0.368. The lowest BCUT2D eigenvalue weighted by Crippen LogP contribution is -2.31. The molecule has 1 aromatic carbocycles. The number of hydrogen-bond acceptors (Lipinski definition) is 5. The number of carbonyl (C=O) groups excluding carboxylic acids is 2. The lowest BCUT2D eigenvalue weighted by atomic mass is 10.1. The number of likely N-dealkylation sites (N-methyl/N-ethyl adjacent to an activating group) is 1. The molecule has 7 heteroatoms. The molecule has 0 saturated carbocycles. The Morgan fingerprint density at radius 1 is 1.19 bits per heavy atom. The van der Waals surface area contributed by atoms with Gasteiger partial charge in [0.25, 0.3) is 11.5 Å².